The highest BCUT2D eigenvalue weighted by Gasteiger charge is 2.18. The molecule has 1 aromatic carbocycles. The van der Waals surface area contributed by atoms with Crippen LogP contribution in [0.1, 0.15) is 24.2 Å². The Morgan fingerprint density at radius 1 is 1.32 bits per heavy atom. The van der Waals surface area contributed by atoms with Crippen LogP contribution in [0.4, 0.5) is 0 Å². The van der Waals surface area contributed by atoms with Gasteiger partial charge in [-0.3, -0.25) is 4.90 Å². The molecule has 1 aromatic heterocycles. The Balaban J connectivity index is 1.66. The number of rotatable bonds is 6. The van der Waals surface area contributed by atoms with E-state index < -0.39 is 0 Å². The summed E-state index contributed by atoms with van der Waals surface area (Å²) in [6, 6.07) is 8.29. The maximum atomic E-state index is 9.74. The fourth-order valence-electron chi connectivity index (χ4n) is 3.03. The quantitative estimate of drug-likeness (QED) is 0.705. The molecule has 0 saturated carbocycles. The third-order valence-corrected chi connectivity index (χ3v) is 4.11. The first-order chi connectivity index (χ1) is 10.7. The van der Waals surface area contributed by atoms with Gasteiger partial charge in [0.1, 0.15) is 11.3 Å². The lowest BCUT2D eigenvalue weighted by Gasteiger charge is -2.29. The zero-order chi connectivity index (χ0) is 15.4. The van der Waals surface area contributed by atoms with Gasteiger partial charge in [0.25, 0.3) is 0 Å². The summed E-state index contributed by atoms with van der Waals surface area (Å²) in [4.78, 5) is 2.25. The molecule has 0 spiro atoms. The molecule has 1 saturated heterocycles. The summed E-state index contributed by atoms with van der Waals surface area (Å²) in [6.07, 6.45) is 1.74. The molecule has 1 aliphatic heterocycles. The fourth-order valence-corrected chi connectivity index (χ4v) is 3.03. The van der Waals surface area contributed by atoms with Gasteiger partial charge >= 0.3 is 0 Å². The Hall–Kier alpha value is -1.40. The molecule has 0 amide bonds. The minimum absolute atomic E-state index is 0.148. The van der Waals surface area contributed by atoms with Crippen molar-refractivity contribution >= 4 is 11.0 Å². The van der Waals surface area contributed by atoms with Crippen molar-refractivity contribution in [3.8, 4) is 0 Å². The molecule has 0 bridgehead atoms. The van der Waals surface area contributed by atoms with Crippen LogP contribution in [0.15, 0.2) is 28.7 Å². The van der Waals surface area contributed by atoms with E-state index in [1.165, 1.54) is 0 Å². The number of aliphatic hydroxyl groups is 2. The van der Waals surface area contributed by atoms with Gasteiger partial charge in [0.2, 0.25) is 0 Å². The molecule has 22 heavy (non-hydrogen) atoms. The van der Waals surface area contributed by atoms with Gasteiger partial charge in [0, 0.05) is 25.0 Å². The molecule has 1 atom stereocenters. The zero-order valence-corrected chi connectivity index (χ0v) is 12.8. The van der Waals surface area contributed by atoms with E-state index in [1.54, 1.807) is 0 Å². The van der Waals surface area contributed by atoms with Crippen molar-refractivity contribution in [1.29, 1.82) is 0 Å². The van der Waals surface area contributed by atoms with E-state index >= 15 is 0 Å². The second-order valence-corrected chi connectivity index (χ2v) is 6.02. The average Bonchev–Trinajstić information content (AvgIpc) is 2.89. The number of β-amino-alcohol motifs (C(OH)–C–C–N with tert-alkyl or cyclic N) is 1. The molecule has 2 heterocycles. The van der Waals surface area contributed by atoms with Gasteiger partial charge in [-0.25, -0.2) is 0 Å². The average molecular weight is 304 g/mol. The van der Waals surface area contributed by atoms with E-state index in [0.29, 0.717) is 6.54 Å². The molecule has 5 nitrogen and oxygen atoms in total. The number of hydrogen-bond donors (Lipinski definition) is 3. The van der Waals surface area contributed by atoms with E-state index in [1.807, 2.05) is 6.07 Å². The van der Waals surface area contributed by atoms with Crippen LogP contribution in [0.25, 0.3) is 11.0 Å². The molecule has 5 heteroatoms. The van der Waals surface area contributed by atoms with Gasteiger partial charge in [-0.2, -0.15) is 0 Å². The second kappa shape index (κ2) is 7.24. The van der Waals surface area contributed by atoms with Gasteiger partial charge < -0.3 is 19.9 Å². The Bertz CT molecular complexity index is 611. The van der Waals surface area contributed by atoms with E-state index in [4.69, 9.17) is 9.52 Å². The molecule has 3 N–H and O–H groups in total. The fraction of sp³-hybridized carbons (Fsp3) is 0.529. The molecule has 120 valence electrons. The lowest BCUT2D eigenvalue weighted by atomic mass is 10.1. The first-order valence-electron chi connectivity index (χ1n) is 7.98. The third-order valence-electron chi connectivity index (χ3n) is 4.11. The van der Waals surface area contributed by atoms with Crippen molar-refractivity contribution in [3.63, 3.8) is 0 Å². The Morgan fingerprint density at radius 3 is 3.05 bits per heavy atom. The normalized spacial score (nSPS) is 19.8. The lowest BCUT2D eigenvalue weighted by Crippen LogP contribution is -2.37. The van der Waals surface area contributed by atoms with Crippen LogP contribution >= 0.6 is 0 Å². The highest BCUT2D eigenvalue weighted by molar-refractivity contribution is 5.78. The highest BCUT2D eigenvalue weighted by Crippen LogP contribution is 2.23. The van der Waals surface area contributed by atoms with Crippen LogP contribution in [-0.2, 0) is 13.1 Å². The summed E-state index contributed by atoms with van der Waals surface area (Å²) in [5.74, 6) is 0.949. The van der Waals surface area contributed by atoms with E-state index in [2.05, 4.69) is 28.4 Å². The summed E-state index contributed by atoms with van der Waals surface area (Å²) >= 11 is 0. The zero-order valence-electron chi connectivity index (χ0n) is 12.8. The summed E-state index contributed by atoms with van der Waals surface area (Å²) in [6.45, 7) is 3.97. The maximum Gasteiger partial charge on any atom is 0.134 e. The number of likely N-dealkylation sites (tertiary alicyclic amines) is 1. The van der Waals surface area contributed by atoms with E-state index in [9.17, 15) is 5.11 Å². The SMILES string of the molecule is OCCNCc1ccc2cc(CN3CCCC(O)C3)oc2c1. The maximum absolute atomic E-state index is 9.74. The van der Waals surface area contributed by atoms with E-state index in [-0.39, 0.29) is 12.7 Å². The molecular formula is C17H24N2O3. The molecule has 1 fully saturated rings. The molecule has 3 rings (SSSR count). The Morgan fingerprint density at radius 2 is 2.23 bits per heavy atom. The van der Waals surface area contributed by atoms with Gasteiger partial charge in [-0.1, -0.05) is 12.1 Å². The Kier molecular flexibility index (Phi) is 5.10. The van der Waals surface area contributed by atoms with Crippen molar-refractivity contribution in [2.75, 3.05) is 26.2 Å². The van der Waals surface area contributed by atoms with Crippen molar-refractivity contribution < 1.29 is 14.6 Å². The Labute approximate surface area is 130 Å². The van der Waals surface area contributed by atoms with Gasteiger partial charge in [0.05, 0.1) is 19.3 Å². The van der Waals surface area contributed by atoms with E-state index in [0.717, 1.165) is 61.3 Å². The first kappa shape index (κ1) is 15.5. The number of benzene rings is 1. The number of nitrogens with zero attached hydrogens (tertiary/aromatic N) is 1. The number of hydrogen-bond acceptors (Lipinski definition) is 5. The lowest BCUT2D eigenvalue weighted by molar-refractivity contribution is 0.0636. The topological polar surface area (TPSA) is 68.9 Å². The predicted octanol–water partition coefficient (Wildman–Crippen LogP) is 1.47. The van der Waals surface area contributed by atoms with Crippen LogP contribution in [0.3, 0.4) is 0 Å². The van der Waals surface area contributed by atoms with Crippen molar-refractivity contribution in [1.82, 2.24) is 10.2 Å². The predicted molar refractivity (Wildman–Crippen MR) is 85.5 cm³/mol. The van der Waals surface area contributed by atoms with Gasteiger partial charge in [-0.05, 0) is 37.1 Å². The monoisotopic (exact) mass is 304 g/mol. The molecular weight excluding hydrogens is 280 g/mol. The van der Waals surface area contributed by atoms with Crippen LogP contribution in [0, 0.1) is 0 Å². The molecule has 0 radical (unpaired) electrons. The smallest absolute Gasteiger partial charge is 0.134 e. The van der Waals surface area contributed by atoms with Crippen molar-refractivity contribution in [2.45, 2.75) is 32.0 Å². The summed E-state index contributed by atoms with van der Waals surface area (Å²) in [5.41, 5.74) is 2.05. The number of nitrogens with one attached hydrogen (secondary N) is 1. The van der Waals surface area contributed by atoms with Crippen molar-refractivity contribution in [2.24, 2.45) is 0 Å². The standard InChI is InChI=1S/C17H24N2O3/c20-7-5-18-10-13-3-4-14-9-16(22-17(14)8-13)12-19-6-1-2-15(21)11-19/h3-4,8-9,15,18,20-21H,1-2,5-7,10-12H2. The van der Waals surface area contributed by atoms with Crippen LogP contribution < -0.4 is 5.32 Å². The summed E-state index contributed by atoms with van der Waals surface area (Å²) in [7, 11) is 0. The first-order valence-corrected chi connectivity index (χ1v) is 7.98. The summed E-state index contributed by atoms with van der Waals surface area (Å²) in [5, 5.41) is 22.8. The van der Waals surface area contributed by atoms with Crippen LogP contribution in [0.2, 0.25) is 0 Å². The van der Waals surface area contributed by atoms with Gasteiger partial charge in [0.15, 0.2) is 0 Å². The second-order valence-electron chi connectivity index (χ2n) is 6.02. The third kappa shape index (κ3) is 3.87. The van der Waals surface area contributed by atoms with Gasteiger partial charge in [-0.15, -0.1) is 0 Å². The highest BCUT2D eigenvalue weighted by atomic mass is 16.3. The number of piperidine rings is 1. The van der Waals surface area contributed by atoms with Crippen molar-refractivity contribution in [3.05, 3.63) is 35.6 Å². The minimum atomic E-state index is -0.206. The molecule has 1 unspecified atom stereocenters. The molecule has 2 aromatic rings. The molecule has 0 aliphatic carbocycles. The largest absolute Gasteiger partial charge is 0.460 e. The molecule has 1 aliphatic rings. The number of fused-ring (bicyclic) bond motifs is 1. The minimum Gasteiger partial charge on any atom is -0.460 e. The number of aliphatic hydroxyl groups excluding tert-OH is 2. The van der Waals surface area contributed by atoms with Crippen LogP contribution in [0.5, 0.6) is 0 Å². The summed E-state index contributed by atoms with van der Waals surface area (Å²) < 4.78 is 5.95. The van der Waals surface area contributed by atoms with Crippen LogP contribution in [-0.4, -0.2) is 47.5 Å². The number of furan rings is 1.